The molecule has 29 heavy (non-hydrogen) atoms. The first kappa shape index (κ1) is 20.6. The molecule has 0 unspecified atom stereocenters. The lowest BCUT2D eigenvalue weighted by Gasteiger charge is -2.17. The maximum absolute atomic E-state index is 12.6. The minimum Gasteiger partial charge on any atom is -0.341 e. The van der Waals surface area contributed by atoms with Crippen molar-refractivity contribution in [3.8, 4) is 11.4 Å². The van der Waals surface area contributed by atoms with E-state index in [1.54, 1.807) is 7.05 Å². The molecule has 0 radical (unpaired) electrons. The summed E-state index contributed by atoms with van der Waals surface area (Å²) in [6, 6.07) is 12.5. The Labute approximate surface area is 166 Å². The highest BCUT2D eigenvalue weighted by Gasteiger charge is 2.30. The number of amides is 1. The number of alkyl halides is 3. The van der Waals surface area contributed by atoms with Crippen LogP contribution in [-0.2, 0) is 23.9 Å². The first-order valence-electron chi connectivity index (χ1n) is 9.02. The van der Waals surface area contributed by atoms with Crippen LogP contribution in [0.3, 0.4) is 0 Å². The predicted molar refractivity (Wildman–Crippen MR) is 101 cm³/mol. The van der Waals surface area contributed by atoms with Crippen LogP contribution in [0.25, 0.3) is 11.4 Å². The minimum atomic E-state index is -4.37. The lowest BCUT2D eigenvalue weighted by molar-refractivity contribution is -0.137. The van der Waals surface area contributed by atoms with Crippen molar-refractivity contribution in [3.63, 3.8) is 0 Å². The van der Waals surface area contributed by atoms with Crippen LogP contribution in [0.15, 0.2) is 53.1 Å². The fourth-order valence-electron chi connectivity index (χ4n) is 2.74. The zero-order valence-corrected chi connectivity index (χ0v) is 16.0. The summed E-state index contributed by atoms with van der Waals surface area (Å²) in [5.74, 6) is 0.655. The van der Waals surface area contributed by atoms with Crippen molar-refractivity contribution in [1.29, 1.82) is 0 Å². The highest BCUT2D eigenvalue weighted by atomic mass is 19.4. The molecule has 0 N–H and O–H groups in total. The Bertz CT molecular complexity index is 964. The number of rotatable bonds is 6. The Morgan fingerprint density at radius 3 is 2.34 bits per heavy atom. The van der Waals surface area contributed by atoms with Gasteiger partial charge in [0.15, 0.2) is 0 Å². The van der Waals surface area contributed by atoms with E-state index >= 15 is 0 Å². The normalized spacial score (nSPS) is 11.5. The Balaban J connectivity index is 1.53. The molecule has 3 rings (SSSR count). The van der Waals surface area contributed by atoms with Gasteiger partial charge in [-0.1, -0.05) is 47.1 Å². The van der Waals surface area contributed by atoms with Crippen molar-refractivity contribution in [1.82, 2.24) is 15.0 Å². The molecule has 0 saturated carbocycles. The molecular formula is C21H20F3N3O2. The van der Waals surface area contributed by atoms with Gasteiger partial charge in [0, 0.05) is 32.0 Å². The zero-order chi connectivity index (χ0) is 21.0. The van der Waals surface area contributed by atoms with Gasteiger partial charge in [-0.25, -0.2) is 0 Å². The molecule has 1 heterocycles. The van der Waals surface area contributed by atoms with Crippen molar-refractivity contribution in [2.45, 2.75) is 32.5 Å². The third-order valence-corrected chi connectivity index (χ3v) is 4.46. The molecule has 5 nitrogen and oxygen atoms in total. The van der Waals surface area contributed by atoms with Gasteiger partial charge < -0.3 is 9.42 Å². The molecule has 0 bridgehead atoms. The number of hydrogen-bond acceptors (Lipinski definition) is 4. The maximum atomic E-state index is 12.6. The Morgan fingerprint density at radius 2 is 1.72 bits per heavy atom. The van der Waals surface area contributed by atoms with E-state index in [9.17, 15) is 18.0 Å². The van der Waals surface area contributed by atoms with E-state index in [2.05, 4.69) is 10.1 Å². The molecule has 0 aliphatic rings. The summed E-state index contributed by atoms with van der Waals surface area (Å²) in [6.45, 7) is 2.20. The van der Waals surface area contributed by atoms with Gasteiger partial charge >= 0.3 is 6.18 Å². The standard InChI is InChI=1S/C21H20F3N3O2/c1-14-3-7-16(8-4-14)20-25-18(29-26-20)11-12-19(28)27(2)13-15-5-9-17(10-6-15)21(22,23)24/h3-10H,11-13H2,1-2H3. The second-order valence-electron chi connectivity index (χ2n) is 6.82. The second-order valence-corrected chi connectivity index (χ2v) is 6.82. The van der Waals surface area contributed by atoms with E-state index in [1.165, 1.54) is 17.0 Å². The number of aryl methyl sites for hydroxylation is 2. The van der Waals surface area contributed by atoms with Gasteiger partial charge in [-0.3, -0.25) is 4.79 Å². The Hall–Kier alpha value is -3.16. The van der Waals surface area contributed by atoms with Crippen LogP contribution in [0.2, 0.25) is 0 Å². The third-order valence-electron chi connectivity index (χ3n) is 4.46. The molecule has 0 spiro atoms. The monoisotopic (exact) mass is 403 g/mol. The number of nitrogens with zero attached hydrogens (tertiary/aromatic N) is 3. The number of aromatic nitrogens is 2. The third kappa shape index (κ3) is 5.43. The van der Waals surface area contributed by atoms with Crippen molar-refractivity contribution < 1.29 is 22.5 Å². The number of carbonyl (C=O) groups is 1. The van der Waals surface area contributed by atoms with Gasteiger partial charge in [-0.15, -0.1) is 0 Å². The van der Waals surface area contributed by atoms with E-state index in [1.807, 2.05) is 31.2 Å². The largest absolute Gasteiger partial charge is 0.416 e. The molecule has 0 fully saturated rings. The first-order valence-corrected chi connectivity index (χ1v) is 9.02. The van der Waals surface area contributed by atoms with Crippen LogP contribution >= 0.6 is 0 Å². The molecule has 0 aliphatic heterocycles. The average molecular weight is 403 g/mol. The Morgan fingerprint density at radius 1 is 1.07 bits per heavy atom. The molecule has 0 aliphatic carbocycles. The van der Waals surface area contributed by atoms with Crippen molar-refractivity contribution >= 4 is 5.91 Å². The van der Waals surface area contributed by atoms with Gasteiger partial charge in [0.1, 0.15) is 0 Å². The van der Waals surface area contributed by atoms with Crippen molar-refractivity contribution in [3.05, 3.63) is 71.1 Å². The first-order chi connectivity index (χ1) is 13.7. The van der Waals surface area contributed by atoms with E-state index in [4.69, 9.17) is 4.52 Å². The highest BCUT2D eigenvalue weighted by molar-refractivity contribution is 5.76. The molecule has 1 amide bonds. The van der Waals surface area contributed by atoms with Gasteiger partial charge in [-0.05, 0) is 24.6 Å². The van der Waals surface area contributed by atoms with Crippen LogP contribution in [0.5, 0.6) is 0 Å². The van der Waals surface area contributed by atoms with Gasteiger partial charge in [0.25, 0.3) is 0 Å². The van der Waals surface area contributed by atoms with Gasteiger partial charge in [-0.2, -0.15) is 18.2 Å². The maximum Gasteiger partial charge on any atom is 0.416 e. The van der Waals surface area contributed by atoms with Gasteiger partial charge in [0.05, 0.1) is 5.56 Å². The fraction of sp³-hybridized carbons (Fsp3) is 0.286. The summed E-state index contributed by atoms with van der Waals surface area (Å²) in [6.07, 6.45) is -3.93. The van der Waals surface area contributed by atoms with Crippen LogP contribution in [-0.4, -0.2) is 28.0 Å². The number of halogens is 3. The SMILES string of the molecule is Cc1ccc(-c2noc(CCC(=O)N(C)Cc3ccc(C(F)(F)F)cc3)n2)cc1. The lowest BCUT2D eigenvalue weighted by atomic mass is 10.1. The highest BCUT2D eigenvalue weighted by Crippen LogP contribution is 2.29. The van der Waals surface area contributed by atoms with E-state index in [0.717, 1.165) is 23.3 Å². The topological polar surface area (TPSA) is 59.2 Å². The Kier molecular flexibility index (Phi) is 6.00. The lowest BCUT2D eigenvalue weighted by Crippen LogP contribution is -2.26. The second kappa shape index (κ2) is 8.46. The molecule has 2 aromatic carbocycles. The number of hydrogen-bond donors (Lipinski definition) is 0. The van der Waals surface area contributed by atoms with E-state index < -0.39 is 11.7 Å². The van der Waals surface area contributed by atoms with E-state index in [0.29, 0.717) is 17.3 Å². The van der Waals surface area contributed by atoms with Crippen molar-refractivity contribution in [2.24, 2.45) is 0 Å². The summed E-state index contributed by atoms with van der Waals surface area (Å²) >= 11 is 0. The molecule has 3 aromatic rings. The smallest absolute Gasteiger partial charge is 0.341 e. The summed E-state index contributed by atoms with van der Waals surface area (Å²) < 4.78 is 43.1. The summed E-state index contributed by atoms with van der Waals surface area (Å²) in [7, 11) is 1.60. The molecule has 0 atom stereocenters. The fourth-order valence-corrected chi connectivity index (χ4v) is 2.74. The predicted octanol–water partition coefficient (Wildman–Crippen LogP) is 4.66. The molecule has 152 valence electrons. The van der Waals surface area contributed by atoms with Crippen molar-refractivity contribution in [2.75, 3.05) is 7.05 Å². The summed E-state index contributed by atoms with van der Waals surface area (Å²) in [5.41, 5.74) is 1.86. The molecule has 1 aromatic heterocycles. The minimum absolute atomic E-state index is 0.159. The number of benzene rings is 2. The quantitative estimate of drug-likeness (QED) is 0.601. The molecular weight excluding hydrogens is 383 g/mol. The molecule has 0 saturated heterocycles. The van der Waals surface area contributed by atoms with Crippen LogP contribution < -0.4 is 0 Å². The summed E-state index contributed by atoms with van der Waals surface area (Å²) in [5, 5.41) is 3.93. The van der Waals surface area contributed by atoms with Crippen LogP contribution in [0.1, 0.15) is 29.0 Å². The number of carbonyl (C=O) groups excluding carboxylic acids is 1. The molecule has 8 heteroatoms. The van der Waals surface area contributed by atoms with Crippen LogP contribution in [0.4, 0.5) is 13.2 Å². The van der Waals surface area contributed by atoms with Crippen LogP contribution in [0, 0.1) is 6.92 Å². The zero-order valence-electron chi connectivity index (χ0n) is 16.0. The average Bonchev–Trinajstić information content (AvgIpc) is 3.15. The van der Waals surface area contributed by atoms with E-state index in [-0.39, 0.29) is 25.3 Å². The van der Waals surface area contributed by atoms with Gasteiger partial charge in [0.2, 0.25) is 17.6 Å². The summed E-state index contributed by atoms with van der Waals surface area (Å²) in [4.78, 5) is 18.1.